The van der Waals surface area contributed by atoms with Crippen molar-refractivity contribution in [1.82, 2.24) is 24.8 Å². The molecule has 2 amide bonds. The number of fused-ring (bicyclic) bond motifs is 1. The van der Waals surface area contributed by atoms with Crippen molar-refractivity contribution in [2.75, 3.05) is 35.5 Å². The number of carbonyl (C=O) groups is 3. The number of piperidine rings is 1. The summed E-state index contributed by atoms with van der Waals surface area (Å²) < 4.78 is 39.2. The number of benzene rings is 1. The van der Waals surface area contributed by atoms with Gasteiger partial charge in [0.1, 0.15) is 23.6 Å². The monoisotopic (exact) mass is 717 g/mol. The Kier molecular flexibility index (Phi) is 10.4. The third-order valence-electron chi connectivity index (χ3n) is 8.26. The van der Waals surface area contributed by atoms with Crippen LogP contribution in [0.2, 0.25) is 5.02 Å². The number of carbonyl (C=O) groups excluding carboxylic acids is 3. The van der Waals surface area contributed by atoms with Crippen LogP contribution in [0.3, 0.4) is 0 Å². The number of alkyl carbamates (subject to hydrolysis) is 1. The highest BCUT2D eigenvalue weighted by Gasteiger charge is 2.37. The van der Waals surface area contributed by atoms with Crippen molar-refractivity contribution >= 4 is 56.7 Å². The fourth-order valence-corrected chi connectivity index (χ4v) is 6.73. The van der Waals surface area contributed by atoms with Gasteiger partial charge in [-0.15, -0.1) is 0 Å². The zero-order valence-corrected chi connectivity index (χ0v) is 30.4. The predicted octanol–water partition coefficient (Wildman–Crippen LogP) is 4.71. The lowest BCUT2D eigenvalue weighted by atomic mass is 9.98. The second-order valence-corrected chi connectivity index (χ2v) is 16.2. The van der Waals surface area contributed by atoms with Crippen molar-refractivity contribution in [3.8, 4) is 0 Å². The van der Waals surface area contributed by atoms with E-state index in [1.807, 2.05) is 37.9 Å². The average molecular weight is 718 g/mol. The molecular formula is C33H44ClN7O7S. The van der Waals surface area contributed by atoms with Crippen molar-refractivity contribution in [2.45, 2.75) is 84.6 Å². The van der Waals surface area contributed by atoms with E-state index in [1.54, 1.807) is 30.2 Å². The van der Waals surface area contributed by atoms with Crippen LogP contribution in [-0.2, 0) is 24.3 Å². The van der Waals surface area contributed by atoms with Gasteiger partial charge in [-0.25, -0.2) is 27.5 Å². The molecule has 16 heteroatoms. The van der Waals surface area contributed by atoms with Crippen LogP contribution in [0.5, 0.6) is 0 Å². The molecule has 0 bridgehead atoms. The molecule has 2 atom stereocenters. The van der Waals surface area contributed by atoms with Crippen LogP contribution >= 0.6 is 11.6 Å². The quantitative estimate of drug-likeness (QED) is 0.296. The lowest BCUT2D eigenvalue weighted by Crippen LogP contribution is -2.56. The SMILES string of the molecule is Cc1cn2nc(C3CCCCN3C(=O)c3cc(Cl)ccc3NS(C)(=O)=O)cc2nc1N1CC(OC(=O)C(NC(=O)OC(C)(C)C)C(C)C)C1. The van der Waals surface area contributed by atoms with E-state index in [1.165, 1.54) is 18.2 Å². The number of hydrogen-bond acceptors (Lipinski definition) is 10. The van der Waals surface area contributed by atoms with Gasteiger partial charge in [0.2, 0.25) is 10.0 Å². The van der Waals surface area contributed by atoms with Crippen LogP contribution in [0.15, 0.2) is 30.5 Å². The maximum atomic E-state index is 13.9. The number of rotatable bonds is 9. The van der Waals surface area contributed by atoms with Crippen molar-refractivity contribution in [2.24, 2.45) is 5.92 Å². The van der Waals surface area contributed by atoms with Crippen molar-refractivity contribution in [3.05, 3.63) is 52.3 Å². The molecule has 266 valence electrons. The zero-order chi connectivity index (χ0) is 35.8. The summed E-state index contributed by atoms with van der Waals surface area (Å²) in [5, 5.41) is 7.74. The molecule has 1 aromatic carbocycles. The predicted molar refractivity (Wildman–Crippen MR) is 185 cm³/mol. The molecule has 2 aromatic heterocycles. The summed E-state index contributed by atoms with van der Waals surface area (Å²) in [5.41, 5.74) is 1.77. The average Bonchev–Trinajstić information content (AvgIpc) is 3.38. The van der Waals surface area contributed by atoms with Crippen LogP contribution in [0.4, 0.5) is 16.3 Å². The minimum atomic E-state index is -3.64. The van der Waals surface area contributed by atoms with Crippen LogP contribution in [-0.4, -0.2) is 89.5 Å². The second-order valence-electron chi connectivity index (χ2n) is 14.0. The van der Waals surface area contributed by atoms with Gasteiger partial charge in [0.15, 0.2) is 5.65 Å². The van der Waals surface area contributed by atoms with Crippen LogP contribution < -0.4 is 14.9 Å². The van der Waals surface area contributed by atoms with Gasteiger partial charge in [-0.2, -0.15) is 5.10 Å². The number of nitrogens with zero attached hydrogens (tertiary/aromatic N) is 5. The number of esters is 1. The molecule has 2 N–H and O–H groups in total. The summed E-state index contributed by atoms with van der Waals surface area (Å²) >= 11 is 6.23. The first-order valence-electron chi connectivity index (χ1n) is 16.3. The van der Waals surface area contributed by atoms with E-state index in [-0.39, 0.29) is 35.2 Å². The number of amides is 2. The van der Waals surface area contributed by atoms with Gasteiger partial charge >= 0.3 is 12.1 Å². The summed E-state index contributed by atoms with van der Waals surface area (Å²) in [7, 11) is -3.64. The van der Waals surface area contributed by atoms with E-state index in [0.29, 0.717) is 42.4 Å². The Hall–Kier alpha value is -4.11. The first-order valence-corrected chi connectivity index (χ1v) is 18.6. The molecule has 0 aliphatic carbocycles. The highest BCUT2D eigenvalue weighted by Crippen LogP contribution is 2.35. The van der Waals surface area contributed by atoms with Crippen LogP contribution in [0.25, 0.3) is 5.65 Å². The summed E-state index contributed by atoms with van der Waals surface area (Å²) in [6.45, 7) is 12.2. The number of aryl methyl sites for hydroxylation is 1. The molecular weight excluding hydrogens is 674 g/mol. The molecule has 0 radical (unpaired) electrons. The van der Waals surface area contributed by atoms with Crippen LogP contribution in [0.1, 0.15) is 81.5 Å². The second kappa shape index (κ2) is 14.0. The first kappa shape index (κ1) is 36.2. The Morgan fingerprint density at radius 2 is 1.82 bits per heavy atom. The maximum Gasteiger partial charge on any atom is 0.408 e. The number of likely N-dealkylation sites (tertiary alicyclic amines) is 1. The largest absolute Gasteiger partial charge is 0.457 e. The number of halogens is 1. The molecule has 0 spiro atoms. The smallest absolute Gasteiger partial charge is 0.408 e. The molecule has 49 heavy (non-hydrogen) atoms. The van der Waals surface area contributed by atoms with Crippen LogP contribution in [0, 0.1) is 12.8 Å². The van der Waals surface area contributed by atoms with E-state index in [4.69, 9.17) is 31.2 Å². The highest BCUT2D eigenvalue weighted by atomic mass is 35.5. The van der Waals surface area contributed by atoms with E-state index in [2.05, 4.69) is 10.0 Å². The van der Waals surface area contributed by atoms with E-state index in [9.17, 15) is 22.8 Å². The number of sulfonamides is 1. The Labute approximate surface area is 291 Å². The number of aromatic nitrogens is 3. The Morgan fingerprint density at radius 1 is 1.10 bits per heavy atom. The van der Waals surface area contributed by atoms with E-state index < -0.39 is 33.7 Å². The van der Waals surface area contributed by atoms with Crippen molar-refractivity contribution in [3.63, 3.8) is 0 Å². The molecule has 14 nitrogen and oxygen atoms in total. The maximum absolute atomic E-state index is 13.9. The Balaban J connectivity index is 1.29. The number of anilines is 2. The number of ether oxygens (including phenoxy) is 2. The fraction of sp³-hybridized carbons (Fsp3) is 0.545. The van der Waals surface area contributed by atoms with Gasteiger partial charge in [-0.05, 0) is 71.1 Å². The Bertz CT molecular complexity index is 1850. The molecule has 2 saturated heterocycles. The Morgan fingerprint density at radius 3 is 2.47 bits per heavy atom. The molecule has 2 aliphatic heterocycles. The molecule has 0 saturated carbocycles. The topological polar surface area (TPSA) is 165 Å². The molecule has 2 aliphatic rings. The third kappa shape index (κ3) is 8.74. The van der Waals surface area contributed by atoms with Gasteiger partial charge in [0.25, 0.3) is 5.91 Å². The molecule has 2 unspecified atom stereocenters. The van der Waals surface area contributed by atoms with Gasteiger partial charge in [0, 0.05) is 29.4 Å². The minimum Gasteiger partial charge on any atom is -0.457 e. The van der Waals surface area contributed by atoms with E-state index >= 15 is 0 Å². The first-order chi connectivity index (χ1) is 22.9. The molecule has 4 heterocycles. The number of nitrogens with one attached hydrogen (secondary N) is 2. The highest BCUT2D eigenvalue weighted by molar-refractivity contribution is 7.92. The third-order valence-corrected chi connectivity index (χ3v) is 9.09. The minimum absolute atomic E-state index is 0.163. The molecule has 3 aromatic rings. The summed E-state index contributed by atoms with van der Waals surface area (Å²) in [6, 6.07) is 5.15. The van der Waals surface area contributed by atoms with E-state index in [0.717, 1.165) is 30.5 Å². The summed E-state index contributed by atoms with van der Waals surface area (Å²) in [6.07, 6.45) is 4.22. The standard InChI is InChI=1S/C33H44ClN7O7S/c1-19(2)28(36-32(44)48-33(4,5)6)31(43)47-22-17-39(18-22)29-20(3)16-41-27(35-29)15-25(37-41)26-10-8-9-13-40(26)30(42)23-14-21(34)11-12-24(23)38-49(7,45)46/h11-12,14-16,19,22,26,28,38H,8-10,13,17-18H2,1-7H3,(H,36,44). The van der Waals surface area contributed by atoms with Gasteiger partial charge in [0.05, 0.1) is 42.3 Å². The normalized spacial score (nSPS) is 17.9. The molecule has 5 rings (SSSR count). The zero-order valence-electron chi connectivity index (χ0n) is 28.8. The van der Waals surface area contributed by atoms with Gasteiger partial charge in [-0.3, -0.25) is 9.52 Å². The fourth-order valence-electron chi connectivity index (χ4n) is 5.98. The molecule has 2 fully saturated rings. The summed E-state index contributed by atoms with van der Waals surface area (Å²) in [4.78, 5) is 47.8. The van der Waals surface area contributed by atoms with Crippen molar-refractivity contribution in [1.29, 1.82) is 0 Å². The van der Waals surface area contributed by atoms with Crippen molar-refractivity contribution < 1.29 is 32.3 Å². The lowest BCUT2D eigenvalue weighted by molar-refractivity contribution is -0.154. The van der Waals surface area contributed by atoms with Gasteiger partial charge in [-0.1, -0.05) is 25.4 Å². The lowest BCUT2D eigenvalue weighted by Gasteiger charge is -2.40. The summed E-state index contributed by atoms with van der Waals surface area (Å²) in [5.74, 6) is -0.340. The van der Waals surface area contributed by atoms with Gasteiger partial charge < -0.3 is 24.6 Å². The number of hydrogen-bond donors (Lipinski definition) is 2.